The summed E-state index contributed by atoms with van der Waals surface area (Å²) < 4.78 is 24.1. The zero-order chi connectivity index (χ0) is 15.7. The van der Waals surface area contributed by atoms with Crippen molar-refractivity contribution < 1.29 is 13.2 Å². The molecular weight excluding hydrogens is 326 g/mol. The highest BCUT2D eigenvalue weighted by molar-refractivity contribution is 8.13. The van der Waals surface area contributed by atoms with E-state index in [-0.39, 0.29) is 24.0 Å². The van der Waals surface area contributed by atoms with Gasteiger partial charge in [-0.05, 0) is 24.3 Å². The van der Waals surface area contributed by atoms with Crippen molar-refractivity contribution in [3.63, 3.8) is 0 Å². The summed E-state index contributed by atoms with van der Waals surface area (Å²) in [6, 6.07) is 7.45. The fourth-order valence-electron chi connectivity index (χ4n) is 2.64. The van der Waals surface area contributed by atoms with E-state index in [1.165, 1.54) is 0 Å². The maximum absolute atomic E-state index is 12.1. The van der Waals surface area contributed by atoms with Gasteiger partial charge in [0.05, 0.1) is 12.1 Å². The Morgan fingerprint density at radius 3 is 2.50 bits per heavy atom. The molecule has 116 valence electrons. The van der Waals surface area contributed by atoms with Crippen molar-refractivity contribution in [2.45, 2.75) is 6.42 Å². The number of aromatic nitrogens is 2. The van der Waals surface area contributed by atoms with Gasteiger partial charge in [-0.15, -0.1) is 0 Å². The predicted molar refractivity (Wildman–Crippen MR) is 83.7 cm³/mol. The number of carbonyl (C=O) groups is 1. The fourth-order valence-corrected chi connectivity index (χ4v) is 3.96. The van der Waals surface area contributed by atoms with Gasteiger partial charge >= 0.3 is 0 Å². The maximum Gasteiger partial charge on any atom is 0.232 e. The zero-order valence-corrected chi connectivity index (χ0v) is 13.2. The van der Waals surface area contributed by atoms with Crippen LogP contribution in [0.2, 0.25) is 0 Å². The minimum atomic E-state index is -3.59. The van der Waals surface area contributed by atoms with Crippen molar-refractivity contribution >= 4 is 31.3 Å². The van der Waals surface area contributed by atoms with Crippen LogP contribution < -0.4 is 4.90 Å². The molecule has 1 fully saturated rings. The van der Waals surface area contributed by atoms with Crippen molar-refractivity contribution in [2.75, 3.05) is 17.2 Å². The molecule has 1 unspecified atom stereocenters. The number of hydrogen-bond acceptors (Lipinski definition) is 4. The van der Waals surface area contributed by atoms with E-state index in [4.69, 9.17) is 10.7 Å². The molecule has 0 radical (unpaired) electrons. The third-order valence-electron chi connectivity index (χ3n) is 3.60. The van der Waals surface area contributed by atoms with Crippen LogP contribution in [0.4, 0.5) is 5.69 Å². The molecule has 3 rings (SSSR count). The van der Waals surface area contributed by atoms with E-state index in [9.17, 15) is 13.2 Å². The standard InChI is InChI=1S/C14H14ClN3O3S/c15-22(20,21)9-11-7-14(19)18(8-11)13-3-1-12(2-4-13)17-6-5-16-10-17/h1-6,10-11H,7-9H2. The van der Waals surface area contributed by atoms with Crippen LogP contribution in [0.3, 0.4) is 0 Å². The molecule has 1 aromatic carbocycles. The number of carbonyl (C=O) groups excluding carboxylic acids is 1. The van der Waals surface area contributed by atoms with Gasteiger partial charge in [-0.3, -0.25) is 4.79 Å². The molecule has 0 bridgehead atoms. The lowest BCUT2D eigenvalue weighted by molar-refractivity contribution is -0.117. The van der Waals surface area contributed by atoms with Crippen LogP contribution in [-0.2, 0) is 13.8 Å². The van der Waals surface area contributed by atoms with E-state index in [0.717, 1.165) is 11.4 Å². The number of anilines is 1. The zero-order valence-electron chi connectivity index (χ0n) is 11.6. The molecule has 0 N–H and O–H groups in total. The maximum atomic E-state index is 12.1. The number of halogens is 1. The quantitative estimate of drug-likeness (QED) is 0.796. The van der Waals surface area contributed by atoms with Crippen LogP contribution in [0.1, 0.15) is 6.42 Å². The van der Waals surface area contributed by atoms with E-state index in [0.29, 0.717) is 6.54 Å². The topological polar surface area (TPSA) is 72.3 Å². The van der Waals surface area contributed by atoms with Gasteiger partial charge in [-0.2, -0.15) is 0 Å². The molecule has 0 aliphatic carbocycles. The van der Waals surface area contributed by atoms with Crippen LogP contribution in [-0.4, -0.2) is 36.2 Å². The number of benzene rings is 1. The molecule has 1 saturated heterocycles. The first-order valence-corrected chi connectivity index (χ1v) is 9.21. The van der Waals surface area contributed by atoms with Gasteiger partial charge in [-0.1, -0.05) is 0 Å². The van der Waals surface area contributed by atoms with E-state index in [2.05, 4.69) is 4.98 Å². The number of imidazole rings is 1. The summed E-state index contributed by atoms with van der Waals surface area (Å²) in [7, 11) is 1.68. The highest BCUT2D eigenvalue weighted by Crippen LogP contribution is 2.27. The Bertz CT molecular complexity index is 772. The Hall–Kier alpha value is -1.86. The first kappa shape index (κ1) is 15.1. The lowest BCUT2D eigenvalue weighted by Gasteiger charge is -2.17. The van der Waals surface area contributed by atoms with Crippen LogP contribution in [0, 0.1) is 5.92 Å². The Labute approximate surface area is 132 Å². The first-order valence-electron chi connectivity index (χ1n) is 6.73. The number of hydrogen-bond donors (Lipinski definition) is 0. The number of rotatable bonds is 4. The molecule has 1 aliphatic rings. The number of amides is 1. The van der Waals surface area contributed by atoms with E-state index >= 15 is 0 Å². The van der Waals surface area contributed by atoms with Gasteiger partial charge in [-0.25, -0.2) is 13.4 Å². The molecule has 0 saturated carbocycles. The lowest BCUT2D eigenvalue weighted by Crippen LogP contribution is -2.25. The first-order chi connectivity index (χ1) is 10.4. The van der Waals surface area contributed by atoms with Gasteiger partial charge < -0.3 is 9.47 Å². The third-order valence-corrected chi connectivity index (χ3v) is 4.85. The molecule has 6 nitrogen and oxygen atoms in total. The second-order valence-corrected chi connectivity index (χ2v) is 8.09. The highest BCUT2D eigenvalue weighted by Gasteiger charge is 2.33. The summed E-state index contributed by atoms with van der Waals surface area (Å²) in [5.74, 6) is -0.520. The van der Waals surface area contributed by atoms with E-state index < -0.39 is 9.05 Å². The molecule has 22 heavy (non-hydrogen) atoms. The molecule has 0 spiro atoms. The molecular formula is C14H14ClN3O3S. The van der Waals surface area contributed by atoms with Crippen molar-refractivity contribution in [3.8, 4) is 5.69 Å². The lowest BCUT2D eigenvalue weighted by atomic mass is 10.1. The van der Waals surface area contributed by atoms with Gasteiger partial charge in [0, 0.05) is 53.3 Å². The average Bonchev–Trinajstić information content (AvgIpc) is 3.07. The summed E-state index contributed by atoms with van der Waals surface area (Å²) in [5.41, 5.74) is 1.69. The third kappa shape index (κ3) is 3.31. The monoisotopic (exact) mass is 339 g/mol. The average molecular weight is 340 g/mol. The number of nitrogens with zero attached hydrogens (tertiary/aromatic N) is 3. The molecule has 1 aromatic heterocycles. The van der Waals surface area contributed by atoms with Crippen molar-refractivity contribution in [2.24, 2.45) is 5.92 Å². The van der Waals surface area contributed by atoms with E-state index in [1.54, 1.807) is 17.4 Å². The molecule has 2 aromatic rings. The summed E-state index contributed by atoms with van der Waals surface area (Å²) in [4.78, 5) is 17.6. The van der Waals surface area contributed by atoms with E-state index in [1.807, 2.05) is 35.0 Å². The van der Waals surface area contributed by atoms with Gasteiger partial charge in [0.2, 0.25) is 15.0 Å². The largest absolute Gasteiger partial charge is 0.312 e. The van der Waals surface area contributed by atoms with Crippen LogP contribution in [0.15, 0.2) is 43.0 Å². The van der Waals surface area contributed by atoms with Crippen LogP contribution in [0.25, 0.3) is 5.69 Å². The minimum Gasteiger partial charge on any atom is -0.312 e. The second-order valence-electron chi connectivity index (χ2n) is 5.27. The Kier molecular flexibility index (Phi) is 3.92. The highest BCUT2D eigenvalue weighted by atomic mass is 35.7. The Morgan fingerprint density at radius 2 is 1.91 bits per heavy atom. The SMILES string of the molecule is O=C1CC(CS(=O)(=O)Cl)CN1c1ccc(-n2ccnc2)cc1. The van der Waals surface area contributed by atoms with Crippen molar-refractivity contribution in [1.29, 1.82) is 0 Å². The summed E-state index contributed by atoms with van der Waals surface area (Å²) in [6.45, 7) is 0.370. The molecule has 1 atom stereocenters. The Morgan fingerprint density at radius 1 is 1.23 bits per heavy atom. The van der Waals surface area contributed by atoms with Crippen molar-refractivity contribution in [1.82, 2.24) is 9.55 Å². The summed E-state index contributed by atoms with van der Waals surface area (Å²) in [6.07, 6.45) is 5.42. The van der Waals surface area contributed by atoms with Gasteiger partial charge in [0.1, 0.15) is 0 Å². The molecule has 2 heterocycles. The molecule has 1 aliphatic heterocycles. The fraction of sp³-hybridized carbons (Fsp3) is 0.286. The summed E-state index contributed by atoms with van der Waals surface area (Å²) in [5, 5.41) is 0. The van der Waals surface area contributed by atoms with Crippen LogP contribution >= 0.6 is 10.7 Å². The van der Waals surface area contributed by atoms with Crippen LogP contribution in [0.5, 0.6) is 0 Å². The molecule has 8 heteroatoms. The summed E-state index contributed by atoms with van der Waals surface area (Å²) >= 11 is 0. The smallest absolute Gasteiger partial charge is 0.232 e. The normalized spacial score (nSPS) is 18.9. The Balaban J connectivity index is 1.76. The van der Waals surface area contributed by atoms with Crippen molar-refractivity contribution in [3.05, 3.63) is 43.0 Å². The predicted octanol–water partition coefficient (Wildman–Crippen LogP) is 1.79. The second kappa shape index (κ2) is 5.73. The van der Waals surface area contributed by atoms with Gasteiger partial charge in [0.15, 0.2) is 0 Å². The molecule has 1 amide bonds. The minimum absolute atomic E-state index is 0.0827. The van der Waals surface area contributed by atoms with Gasteiger partial charge in [0.25, 0.3) is 0 Å².